The zero-order chi connectivity index (χ0) is 5.11. The van der Waals surface area contributed by atoms with Gasteiger partial charge >= 0.3 is 0 Å². The summed E-state index contributed by atoms with van der Waals surface area (Å²) in [6.45, 7) is 1.30. The van der Waals surface area contributed by atoms with Crippen molar-refractivity contribution in [3.63, 3.8) is 0 Å². The van der Waals surface area contributed by atoms with Gasteiger partial charge in [0, 0.05) is 7.11 Å². The Morgan fingerprint density at radius 1 is 1.86 bits per heavy atom. The highest BCUT2D eigenvalue weighted by atomic mass is 16.6. The summed E-state index contributed by atoms with van der Waals surface area (Å²) in [5.41, 5.74) is 0. The molecule has 0 aromatic heterocycles. The molecule has 1 unspecified atom stereocenters. The fraction of sp³-hybridized carbons (Fsp3) is 1.00. The Morgan fingerprint density at radius 3 is 3.00 bits per heavy atom. The largest absolute Gasteiger partial charge is 0.364 e. The van der Waals surface area contributed by atoms with Gasteiger partial charge in [0.25, 0.3) is 0 Å². The molecule has 0 aromatic rings. The molecule has 1 saturated heterocycles. The van der Waals surface area contributed by atoms with Gasteiger partial charge in [0.2, 0.25) is 0 Å². The van der Waals surface area contributed by atoms with E-state index in [1.165, 1.54) is 0 Å². The van der Waals surface area contributed by atoms with E-state index >= 15 is 0 Å². The maximum absolute atomic E-state index is 4.91. The monoisotopic (exact) mass is 103 g/mol. The quantitative estimate of drug-likeness (QED) is 0.487. The molecule has 0 spiro atoms. The van der Waals surface area contributed by atoms with Gasteiger partial charge in [-0.05, 0) is 0 Å². The SMILES string of the molecule is COC1COCN1. The van der Waals surface area contributed by atoms with Gasteiger partial charge in [-0.25, -0.2) is 0 Å². The number of hydrogen-bond acceptors (Lipinski definition) is 3. The van der Waals surface area contributed by atoms with Crippen LogP contribution < -0.4 is 5.32 Å². The second kappa shape index (κ2) is 2.26. The third-order valence-corrected chi connectivity index (χ3v) is 0.967. The van der Waals surface area contributed by atoms with Gasteiger partial charge < -0.3 is 9.47 Å². The van der Waals surface area contributed by atoms with Gasteiger partial charge in [0.05, 0.1) is 13.3 Å². The molecule has 42 valence electrons. The van der Waals surface area contributed by atoms with Gasteiger partial charge in [-0.1, -0.05) is 0 Å². The smallest absolute Gasteiger partial charge is 0.133 e. The fourth-order valence-corrected chi connectivity index (χ4v) is 0.528. The molecule has 1 atom stereocenters. The summed E-state index contributed by atoms with van der Waals surface area (Å²) in [6, 6.07) is 0. The third kappa shape index (κ3) is 1.12. The molecule has 1 fully saturated rings. The summed E-state index contributed by atoms with van der Waals surface area (Å²) in [5.74, 6) is 0. The summed E-state index contributed by atoms with van der Waals surface area (Å²) >= 11 is 0. The Morgan fingerprint density at radius 2 is 2.71 bits per heavy atom. The molecule has 0 saturated carbocycles. The molecule has 0 amide bonds. The van der Waals surface area contributed by atoms with E-state index in [0.717, 1.165) is 0 Å². The van der Waals surface area contributed by atoms with Crippen LogP contribution in [0, 0.1) is 0 Å². The van der Waals surface area contributed by atoms with E-state index in [1.807, 2.05) is 0 Å². The van der Waals surface area contributed by atoms with E-state index < -0.39 is 0 Å². The highest BCUT2D eigenvalue weighted by Gasteiger charge is 2.11. The number of rotatable bonds is 1. The highest BCUT2D eigenvalue weighted by Crippen LogP contribution is 1.92. The Balaban J connectivity index is 2.14. The fourth-order valence-electron chi connectivity index (χ4n) is 0.528. The molecule has 1 heterocycles. The molecule has 3 nitrogen and oxygen atoms in total. The van der Waals surface area contributed by atoms with E-state index in [1.54, 1.807) is 7.11 Å². The van der Waals surface area contributed by atoms with Crippen LogP contribution in [-0.4, -0.2) is 26.7 Å². The van der Waals surface area contributed by atoms with Gasteiger partial charge in [-0.2, -0.15) is 0 Å². The minimum Gasteiger partial charge on any atom is -0.364 e. The second-order valence-electron chi connectivity index (χ2n) is 1.44. The molecule has 0 radical (unpaired) electrons. The summed E-state index contributed by atoms with van der Waals surface area (Å²) in [6.07, 6.45) is 0.125. The lowest BCUT2D eigenvalue weighted by atomic mass is 10.6. The first-order valence-corrected chi connectivity index (χ1v) is 2.27. The van der Waals surface area contributed by atoms with Crippen LogP contribution in [0.15, 0.2) is 0 Å². The average molecular weight is 103 g/mol. The molecule has 7 heavy (non-hydrogen) atoms. The molecule has 1 rings (SSSR count). The summed E-state index contributed by atoms with van der Waals surface area (Å²) in [5, 5.41) is 2.96. The Bertz CT molecular complexity index is 51.7. The van der Waals surface area contributed by atoms with Crippen LogP contribution in [0.5, 0.6) is 0 Å². The first-order chi connectivity index (χ1) is 3.43. The summed E-state index contributed by atoms with van der Waals surface area (Å²) in [7, 11) is 1.66. The van der Waals surface area contributed by atoms with Crippen molar-refractivity contribution in [1.29, 1.82) is 0 Å². The molecule has 3 heteroatoms. The normalized spacial score (nSPS) is 31.3. The van der Waals surface area contributed by atoms with Crippen LogP contribution in [0.4, 0.5) is 0 Å². The van der Waals surface area contributed by atoms with Crippen molar-refractivity contribution in [2.24, 2.45) is 0 Å². The molecule has 0 bridgehead atoms. The number of nitrogens with one attached hydrogen (secondary N) is 1. The van der Waals surface area contributed by atoms with E-state index in [-0.39, 0.29) is 6.23 Å². The van der Waals surface area contributed by atoms with Crippen LogP contribution in [-0.2, 0) is 9.47 Å². The van der Waals surface area contributed by atoms with Gasteiger partial charge in [0.15, 0.2) is 0 Å². The predicted octanol–water partition coefficient (Wildman–Crippen LogP) is -0.464. The summed E-state index contributed by atoms with van der Waals surface area (Å²) < 4.78 is 9.79. The van der Waals surface area contributed by atoms with E-state index in [0.29, 0.717) is 13.3 Å². The van der Waals surface area contributed by atoms with Gasteiger partial charge in [-0.15, -0.1) is 0 Å². The second-order valence-corrected chi connectivity index (χ2v) is 1.44. The van der Waals surface area contributed by atoms with Crippen LogP contribution >= 0.6 is 0 Å². The topological polar surface area (TPSA) is 30.5 Å². The van der Waals surface area contributed by atoms with E-state index in [4.69, 9.17) is 9.47 Å². The van der Waals surface area contributed by atoms with Crippen molar-refractivity contribution in [2.45, 2.75) is 6.23 Å². The first-order valence-electron chi connectivity index (χ1n) is 2.27. The van der Waals surface area contributed by atoms with Gasteiger partial charge in [-0.3, -0.25) is 5.32 Å². The number of hydrogen-bond donors (Lipinski definition) is 1. The predicted molar refractivity (Wildman–Crippen MR) is 24.8 cm³/mol. The first kappa shape index (κ1) is 5.03. The molecule has 1 aliphatic rings. The van der Waals surface area contributed by atoms with Crippen molar-refractivity contribution in [3.8, 4) is 0 Å². The zero-order valence-corrected chi connectivity index (χ0v) is 4.31. The van der Waals surface area contributed by atoms with Crippen molar-refractivity contribution in [2.75, 3.05) is 20.4 Å². The standard InChI is InChI=1S/C4H9NO2/c1-6-4-2-7-3-5-4/h4-5H,2-3H2,1H3. The maximum Gasteiger partial charge on any atom is 0.133 e. The van der Waals surface area contributed by atoms with Crippen LogP contribution in [0.1, 0.15) is 0 Å². The average Bonchev–Trinajstić information content (AvgIpc) is 2.14. The molecular weight excluding hydrogens is 94.0 g/mol. The molecule has 1 aliphatic heterocycles. The van der Waals surface area contributed by atoms with Crippen molar-refractivity contribution in [1.82, 2.24) is 5.32 Å². The lowest BCUT2D eigenvalue weighted by Crippen LogP contribution is -2.24. The van der Waals surface area contributed by atoms with E-state index in [9.17, 15) is 0 Å². The lowest BCUT2D eigenvalue weighted by Gasteiger charge is -2.01. The van der Waals surface area contributed by atoms with Gasteiger partial charge in [0.1, 0.15) is 6.23 Å². The van der Waals surface area contributed by atoms with Crippen molar-refractivity contribution < 1.29 is 9.47 Å². The number of methoxy groups -OCH3 is 1. The Hall–Kier alpha value is -0.120. The summed E-state index contributed by atoms with van der Waals surface area (Å²) in [4.78, 5) is 0. The molecule has 1 N–H and O–H groups in total. The van der Waals surface area contributed by atoms with Crippen LogP contribution in [0.2, 0.25) is 0 Å². The Labute approximate surface area is 42.6 Å². The van der Waals surface area contributed by atoms with Crippen LogP contribution in [0.3, 0.4) is 0 Å². The molecule has 0 aromatic carbocycles. The Kier molecular flexibility index (Phi) is 1.62. The van der Waals surface area contributed by atoms with E-state index in [2.05, 4.69) is 5.32 Å². The molecule has 0 aliphatic carbocycles. The van der Waals surface area contributed by atoms with Crippen molar-refractivity contribution >= 4 is 0 Å². The third-order valence-electron chi connectivity index (χ3n) is 0.967. The number of ether oxygens (including phenoxy) is 2. The minimum absolute atomic E-state index is 0.125. The lowest BCUT2D eigenvalue weighted by molar-refractivity contribution is 0.0751. The minimum atomic E-state index is 0.125. The highest BCUT2D eigenvalue weighted by molar-refractivity contribution is 4.54. The zero-order valence-electron chi connectivity index (χ0n) is 4.31. The molecular formula is C4H9NO2. The maximum atomic E-state index is 4.91. The van der Waals surface area contributed by atoms with Crippen LogP contribution in [0.25, 0.3) is 0 Å². The van der Waals surface area contributed by atoms with Crippen molar-refractivity contribution in [3.05, 3.63) is 0 Å².